The molecular weight excluding hydrogens is 252 g/mol. The van der Waals surface area contributed by atoms with Crippen LogP contribution in [0.5, 0.6) is 11.5 Å². The van der Waals surface area contributed by atoms with Crippen LogP contribution in [0.1, 0.15) is 24.8 Å². The zero-order chi connectivity index (χ0) is 14.2. The normalized spacial score (nSPS) is 10.2. The Morgan fingerprint density at radius 2 is 1.55 bits per heavy atom. The smallest absolute Gasteiger partial charge is 0.303 e. The van der Waals surface area contributed by atoms with E-state index in [0.717, 1.165) is 30.8 Å². The number of hydrogen-bond acceptors (Lipinski definition) is 2. The first-order valence-corrected chi connectivity index (χ1v) is 6.78. The molecule has 3 heteroatoms. The van der Waals surface area contributed by atoms with E-state index in [1.807, 2.05) is 54.6 Å². The second kappa shape index (κ2) is 7.34. The lowest BCUT2D eigenvalue weighted by Crippen LogP contribution is -1.95. The van der Waals surface area contributed by atoms with Crippen molar-refractivity contribution in [3.8, 4) is 11.5 Å². The number of ether oxygens (including phenoxy) is 1. The molecule has 0 saturated heterocycles. The highest BCUT2D eigenvalue weighted by Gasteiger charge is 2.00. The minimum absolute atomic E-state index is 0.245. The summed E-state index contributed by atoms with van der Waals surface area (Å²) in [6.07, 6.45) is 2.76. The second-order valence-corrected chi connectivity index (χ2v) is 4.66. The lowest BCUT2D eigenvalue weighted by atomic mass is 10.1. The van der Waals surface area contributed by atoms with Crippen molar-refractivity contribution in [1.82, 2.24) is 0 Å². The summed E-state index contributed by atoms with van der Waals surface area (Å²) >= 11 is 0. The van der Waals surface area contributed by atoms with Crippen molar-refractivity contribution in [1.29, 1.82) is 0 Å². The highest BCUT2D eigenvalue weighted by Crippen LogP contribution is 2.21. The molecule has 0 aromatic heterocycles. The second-order valence-electron chi connectivity index (χ2n) is 4.66. The molecule has 0 spiro atoms. The molecule has 3 nitrogen and oxygen atoms in total. The molecule has 0 unspecified atom stereocenters. The van der Waals surface area contributed by atoms with Crippen molar-refractivity contribution in [3.63, 3.8) is 0 Å². The van der Waals surface area contributed by atoms with Gasteiger partial charge in [-0.05, 0) is 49.1 Å². The summed E-state index contributed by atoms with van der Waals surface area (Å²) in [4.78, 5) is 10.4. The molecule has 0 fully saturated rings. The zero-order valence-electron chi connectivity index (χ0n) is 11.3. The van der Waals surface area contributed by atoms with Gasteiger partial charge in [0.05, 0.1) is 0 Å². The fraction of sp³-hybridized carbons (Fsp3) is 0.235. The average molecular weight is 270 g/mol. The van der Waals surface area contributed by atoms with Crippen LogP contribution in [0.15, 0.2) is 54.6 Å². The predicted octanol–water partition coefficient (Wildman–Crippen LogP) is 4.28. The molecule has 0 aliphatic heterocycles. The largest absolute Gasteiger partial charge is 0.481 e. The predicted molar refractivity (Wildman–Crippen MR) is 78.1 cm³/mol. The SMILES string of the molecule is O=C(O)CCCCc1ccc(Oc2ccccc2)cc1. The van der Waals surface area contributed by atoms with Crippen molar-refractivity contribution in [2.45, 2.75) is 25.7 Å². The lowest BCUT2D eigenvalue weighted by Gasteiger charge is -2.06. The number of benzene rings is 2. The fourth-order valence-electron chi connectivity index (χ4n) is 1.95. The van der Waals surface area contributed by atoms with Crippen LogP contribution in [-0.2, 0) is 11.2 Å². The van der Waals surface area contributed by atoms with Crippen LogP contribution in [0.3, 0.4) is 0 Å². The monoisotopic (exact) mass is 270 g/mol. The number of para-hydroxylation sites is 1. The Morgan fingerprint density at radius 3 is 2.20 bits per heavy atom. The molecular formula is C17H18O3. The third-order valence-electron chi connectivity index (χ3n) is 3.01. The maximum atomic E-state index is 10.4. The topological polar surface area (TPSA) is 46.5 Å². The molecule has 0 atom stereocenters. The van der Waals surface area contributed by atoms with E-state index in [4.69, 9.17) is 9.84 Å². The van der Waals surface area contributed by atoms with Gasteiger partial charge in [0.25, 0.3) is 0 Å². The number of carboxylic acid groups (broad SMARTS) is 1. The minimum atomic E-state index is -0.725. The van der Waals surface area contributed by atoms with Gasteiger partial charge >= 0.3 is 5.97 Å². The number of aryl methyl sites for hydroxylation is 1. The molecule has 20 heavy (non-hydrogen) atoms. The number of unbranched alkanes of at least 4 members (excludes halogenated alkanes) is 1. The highest BCUT2D eigenvalue weighted by atomic mass is 16.5. The van der Waals surface area contributed by atoms with Crippen molar-refractivity contribution in [2.75, 3.05) is 0 Å². The van der Waals surface area contributed by atoms with Gasteiger partial charge in [-0.1, -0.05) is 30.3 Å². The van der Waals surface area contributed by atoms with E-state index >= 15 is 0 Å². The number of aliphatic carboxylic acids is 1. The number of hydrogen-bond donors (Lipinski definition) is 1. The Morgan fingerprint density at radius 1 is 0.900 bits per heavy atom. The summed E-state index contributed by atoms with van der Waals surface area (Å²) < 4.78 is 5.71. The van der Waals surface area contributed by atoms with Gasteiger partial charge in [-0.2, -0.15) is 0 Å². The van der Waals surface area contributed by atoms with Crippen molar-refractivity contribution >= 4 is 5.97 Å². The number of rotatable bonds is 7. The van der Waals surface area contributed by atoms with Gasteiger partial charge in [0.2, 0.25) is 0 Å². The van der Waals surface area contributed by atoms with E-state index in [9.17, 15) is 4.79 Å². The van der Waals surface area contributed by atoms with E-state index in [-0.39, 0.29) is 6.42 Å². The first-order valence-electron chi connectivity index (χ1n) is 6.78. The van der Waals surface area contributed by atoms with Gasteiger partial charge < -0.3 is 9.84 Å². The lowest BCUT2D eigenvalue weighted by molar-refractivity contribution is -0.137. The Balaban J connectivity index is 1.82. The average Bonchev–Trinajstić information content (AvgIpc) is 2.46. The first-order chi connectivity index (χ1) is 9.74. The van der Waals surface area contributed by atoms with Gasteiger partial charge in [0, 0.05) is 6.42 Å². The molecule has 2 aromatic carbocycles. The summed E-state index contributed by atoms with van der Waals surface area (Å²) in [6.45, 7) is 0. The number of carbonyl (C=O) groups is 1. The van der Waals surface area contributed by atoms with Crippen LogP contribution in [-0.4, -0.2) is 11.1 Å². The van der Waals surface area contributed by atoms with Crippen LogP contribution in [0.2, 0.25) is 0 Å². The summed E-state index contributed by atoms with van der Waals surface area (Å²) in [5.74, 6) is 0.906. The van der Waals surface area contributed by atoms with Crippen molar-refractivity contribution in [2.24, 2.45) is 0 Å². The van der Waals surface area contributed by atoms with Crippen LogP contribution < -0.4 is 4.74 Å². The molecule has 0 amide bonds. The van der Waals surface area contributed by atoms with Crippen LogP contribution >= 0.6 is 0 Å². The van der Waals surface area contributed by atoms with Crippen molar-refractivity contribution < 1.29 is 14.6 Å². The molecule has 104 valence electrons. The Kier molecular flexibility index (Phi) is 5.18. The van der Waals surface area contributed by atoms with Crippen LogP contribution in [0.25, 0.3) is 0 Å². The van der Waals surface area contributed by atoms with Gasteiger partial charge in [-0.15, -0.1) is 0 Å². The maximum absolute atomic E-state index is 10.4. The third-order valence-corrected chi connectivity index (χ3v) is 3.01. The van der Waals surface area contributed by atoms with Gasteiger partial charge in [0.15, 0.2) is 0 Å². The summed E-state index contributed by atoms with van der Waals surface area (Å²) in [5.41, 5.74) is 1.20. The summed E-state index contributed by atoms with van der Waals surface area (Å²) in [6, 6.07) is 17.6. The minimum Gasteiger partial charge on any atom is -0.481 e. The quantitative estimate of drug-likeness (QED) is 0.764. The van der Waals surface area contributed by atoms with E-state index in [1.54, 1.807) is 0 Å². The van der Waals surface area contributed by atoms with Gasteiger partial charge in [-0.25, -0.2) is 0 Å². The first kappa shape index (κ1) is 14.1. The van der Waals surface area contributed by atoms with Gasteiger partial charge in [0.1, 0.15) is 11.5 Å². The van der Waals surface area contributed by atoms with Gasteiger partial charge in [-0.3, -0.25) is 4.79 Å². The van der Waals surface area contributed by atoms with Crippen LogP contribution in [0, 0.1) is 0 Å². The maximum Gasteiger partial charge on any atom is 0.303 e. The van der Waals surface area contributed by atoms with E-state index in [2.05, 4.69) is 0 Å². The molecule has 0 saturated carbocycles. The van der Waals surface area contributed by atoms with Crippen molar-refractivity contribution in [3.05, 3.63) is 60.2 Å². The Bertz CT molecular complexity index is 532. The molecule has 0 heterocycles. The standard InChI is InChI=1S/C17H18O3/c18-17(19)9-5-4-6-14-10-12-16(13-11-14)20-15-7-2-1-3-8-15/h1-3,7-8,10-13H,4-6,9H2,(H,18,19). The molecule has 0 aliphatic rings. The Hall–Kier alpha value is -2.29. The van der Waals surface area contributed by atoms with E-state index in [0.29, 0.717) is 0 Å². The number of carboxylic acids is 1. The van der Waals surface area contributed by atoms with E-state index in [1.165, 1.54) is 5.56 Å². The van der Waals surface area contributed by atoms with E-state index < -0.39 is 5.97 Å². The molecule has 0 aliphatic carbocycles. The molecule has 2 aromatic rings. The summed E-state index contributed by atoms with van der Waals surface area (Å²) in [7, 11) is 0. The fourth-order valence-corrected chi connectivity index (χ4v) is 1.95. The molecule has 2 rings (SSSR count). The Labute approximate surface area is 118 Å². The highest BCUT2D eigenvalue weighted by molar-refractivity contribution is 5.66. The molecule has 0 radical (unpaired) electrons. The van der Waals surface area contributed by atoms with Crippen LogP contribution in [0.4, 0.5) is 0 Å². The third kappa shape index (κ3) is 4.76. The molecule has 1 N–H and O–H groups in total. The summed E-state index contributed by atoms with van der Waals surface area (Å²) in [5, 5.41) is 8.57. The zero-order valence-corrected chi connectivity index (χ0v) is 11.3. The molecule has 0 bridgehead atoms.